The molecule has 0 amide bonds. The van der Waals surface area contributed by atoms with E-state index >= 15 is 0 Å². The first-order valence-electron chi connectivity index (χ1n) is 6.27. The number of hydrogen-bond acceptors (Lipinski definition) is 2. The summed E-state index contributed by atoms with van der Waals surface area (Å²) in [6, 6.07) is 14.4. The van der Waals surface area contributed by atoms with Gasteiger partial charge in [-0.1, -0.05) is 29.8 Å². The Hall–Kier alpha value is -1.89. The van der Waals surface area contributed by atoms with Crippen LogP contribution in [0.15, 0.2) is 42.5 Å². The molecule has 0 aromatic heterocycles. The van der Waals surface area contributed by atoms with E-state index in [9.17, 15) is 4.39 Å². The predicted molar refractivity (Wildman–Crippen MR) is 77.8 cm³/mol. The molecule has 0 aliphatic rings. The van der Waals surface area contributed by atoms with Crippen LogP contribution in [0.3, 0.4) is 0 Å². The summed E-state index contributed by atoms with van der Waals surface area (Å²) in [5, 5.41) is 12.2. The summed E-state index contributed by atoms with van der Waals surface area (Å²) in [7, 11) is 0. The maximum atomic E-state index is 13.1. The van der Waals surface area contributed by atoms with Gasteiger partial charge in [0.1, 0.15) is 5.82 Å². The minimum atomic E-state index is -0.407. The van der Waals surface area contributed by atoms with Gasteiger partial charge in [0.2, 0.25) is 0 Å². The van der Waals surface area contributed by atoms with Crippen LogP contribution in [0.2, 0.25) is 5.02 Å². The van der Waals surface area contributed by atoms with Crippen LogP contribution in [0.5, 0.6) is 0 Å². The van der Waals surface area contributed by atoms with Crippen molar-refractivity contribution in [2.45, 2.75) is 19.5 Å². The third-order valence-corrected chi connectivity index (χ3v) is 3.43. The molecule has 2 aromatic rings. The number of halogens is 2. The third-order valence-electron chi connectivity index (χ3n) is 3.14. The van der Waals surface area contributed by atoms with E-state index in [0.29, 0.717) is 12.1 Å². The molecule has 20 heavy (non-hydrogen) atoms. The average molecular weight is 289 g/mol. The topological polar surface area (TPSA) is 35.8 Å². The first kappa shape index (κ1) is 14.5. The van der Waals surface area contributed by atoms with Crippen molar-refractivity contribution in [1.82, 2.24) is 5.32 Å². The number of hydrogen-bond donors (Lipinski definition) is 1. The lowest BCUT2D eigenvalue weighted by Crippen LogP contribution is -2.18. The normalized spacial score (nSPS) is 11.9. The molecule has 0 saturated heterocycles. The highest BCUT2D eigenvalue weighted by Crippen LogP contribution is 2.18. The minimum Gasteiger partial charge on any atom is -0.306 e. The summed E-state index contributed by atoms with van der Waals surface area (Å²) in [5.41, 5.74) is 2.67. The second-order valence-electron chi connectivity index (χ2n) is 4.58. The number of benzene rings is 2. The van der Waals surface area contributed by atoms with Gasteiger partial charge in [-0.15, -0.1) is 0 Å². The van der Waals surface area contributed by atoms with Crippen LogP contribution >= 0.6 is 11.6 Å². The first-order valence-corrected chi connectivity index (χ1v) is 6.65. The first-order chi connectivity index (χ1) is 9.60. The fourth-order valence-electron chi connectivity index (χ4n) is 1.88. The zero-order valence-corrected chi connectivity index (χ0v) is 11.8. The molecule has 0 aliphatic carbocycles. The van der Waals surface area contributed by atoms with Gasteiger partial charge in [0.15, 0.2) is 0 Å². The minimum absolute atomic E-state index is 0.131. The number of nitrogens with zero attached hydrogens (tertiary/aromatic N) is 1. The molecule has 2 aromatic carbocycles. The molecule has 0 aliphatic heterocycles. The van der Waals surface area contributed by atoms with Crippen LogP contribution in [0.25, 0.3) is 0 Å². The van der Waals surface area contributed by atoms with Crippen molar-refractivity contribution in [1.29, 1.82) is 5.26 Å². The van der Waals surface area contributed by atoms with Crippen molar-refractivity contribution in [2.75, 3.05) is 0 Å². The van der Waals surface area contributed by atoms with Crippen LogP contribution < -0.4 is 5.32 Å². The van der Waals surface area contributed by atoms with E-state index in [4.69, 9.17) is 16.9 Å². The van der Waals surface area contributed by atoms with Crippen molar-refractivity contribution >= 4 is 11.6 Å². The van der Waals surface area contributed by atoms with Gasteiger partial charge in [0, 0.05) is 12.6 Å². The maximum absolute atomic E-state index is 13.1. The number of nitrogens with one attached hydrogen (secondary N) is 1. The van der Waals surface area contributed by atoms with Crippen molar-refractivity contribution < 1.29 is 4.39 Å². The van der Waals surface area contributed by atoms with Crippen LogP contribution in [0, 0.1) is 17.1 Å². The molecule has 0 spiro atoms. The molecule has 0 fully saturated rings. The lowest BCUT2D eigenvalue weighted by molar-refractivity contribution is 0.573. The second kappa shape index (κ2) is 6.51. The van der Waals surface area contributed by atoms with Gasteiger partial charge in [-0.05, 0) is 42.3 Å². The van der Waals surface area contributed by atoms with Gasteiger partial charge in [0.05, 0.1) is 16.7 Å². The van der Waals surface area contributed by atoms with Gasteiger partial charge in [0.25, 0.3) is 0 Å². The monoisotopic (exact) mass is 288 g/mol. The Morgan fingerprint density at radius 1 is 1.25 bits per heavy atom. The highest BCUT2D eigenvalue weighted by Gasteiger charge is 2.06. The predicted octanol–water partition coefficient (Wildman–Crippen LogP) is 4.20. The Morgan fingerprint density at radius 3 is 2.55 bits per heavy atom. The lowest BCUT2D eigenvalue weighted by Gasteiger charge is -2.14. The zero-order chi connectivity index (χ0) is 14.5. The SMILES string of the molecule is CC(NCc1ccc(F)c(Cl)c1)c1ccc(C#N)cc1. The molecule has 1 atom stereocenters. The standard InChI is InChI=1S/C16H14ClFN2/c1-11(14-5-2-12(9-19)3-6-14)20-10-13-4-7-16(18)15(17)8-13/h2-8,11,20H,10H2,1H3. The summed E-state index contributed by atoms with van der Waals surface area (Å²) >= 11 is 5.75. The summed E-state index contributed by atoms with van der Waals surface area (Å²) in [5.74, 6) is -0.407. The fraction of sp³-hybridized carbons (Fsp3) is 0.188. The second-order valence-corrected chi connectivity index (χ2v) is 4.99. The Labute approximate surface area is 122 Å². The Kier molecular flexibility index (Phi) is 4.73. The summed E-state index contributed by atoms with van der Waals surface area (Å²) in [4.78, 5) is 0. The average Bonchev–Trinajstić information content (AvgIpc) is 2.48. The van der Waals surface area contributed by atoms with E-state index in [1.165, 1.54) is 6.07 Å². The Bertz CT molecular complexity index is 632. The molecular weight excluding hydrogens is 275 g/mol. The molecule has 0 radical (unpaired) electrons. The van der Waals surface area contributed by atoms with Gasteiger partial charge in [-0.3, -0.25) is 0 Å². The van der Waals surface area contributed by atoms with E-state index in [1.54, 1.807) is 24.3 Å². The third kappa shape index (κ3) is 3.57. The van der Waals surface area contributed by atoms with Crippen molar-refractivity contribution in [3.05, 3.63) is 70.0 Å². The van der Waals surface area contributed by atoms with E-state index in [-0.39, 0.29) is 11.1 Å². The van der Waals surface area contributed by atoms with Gasteiger partial charge in [-0.25, -0.2) is 4.39 Å². The molecular formula is C16H14ClFN2. The molecule has 0 saturated carbocycles. The van der Waals surface area contributed by atoms with Crippen molar-refractivity contribution in [3.8, 4) is 6.07 Å². The number of nitriles is 1. The maximum Gasteiger partial charge on any atom is 0.141 e. The summed E-state index contributed by atoms with van der Waals surface area (Å²) < 4.78 is 13.1. The Morgan fingerprint density at radius 2 is 1.95 bits per heavy atom. The summed E-state index contributed by atoms with van der Waals surface area (Å²) in [6.45, 7) is 2.63. The summed E-state index contributed by atoms with van der Waals surface area (Å²) in [6.07, 6.45) is 0. The van der Waals surface area contributed by atoms with E-state index < -0.39 is 5.82 Å². The van der Waals surface area contributed by atoms with Crippen LogP contribution in [-0.2, 0) is 6.54 Å². The van der Waals surface area contributed by atoms with E-state index in [2.05, 4.69) is 11.4 Å². The highest BCUT2D eigenvalue weighted by molar-refractivity contribution is 6.30. The molecule has 2 nitrogen and oxygen atoms in total. The van der Waals surface area contributed by atoms with E-state index in [0.717, 1.165) is 11.1 Å². The molecule has 102 valence electrons. The van der Waals surface area contributed by atoms with Gasteiger partial charge in [-0.2, -0.15) is 5.26 Å². The number of rotatable bonds is 4. The zero-order valence-electron chi connectivity index (χ0n) is 11.0. The van der Waals surface area contributed by atoms with Crippen LogP contribution in [0.4, 0.5) is 4.39 Å². The Balaban J connectivity index is 1.99. The molecule has 1 N–H and O–H groups in total. The largest absolute Gasteiger partial charge is 0.306 e. The quantitative estimate of drug-likeness (QED) is 0.915. The van der Waals surface area contributed by atoms with Crippen LogP contribution in [0.1, 0.15) is 29.7 Å². The molecule has 0 bridgehead atoms. The molecule has 2 rings (SSSR count). The molecule has 4 heteroatoms. The van der Waals surface area contributed by atoms with E-state index in [1.807, 2.05) is 19.1 Å². The van der Waals surface area contributed by atoms with Crippen molar-refractivity contribution in [2.24, 2.45) is 0 Å². The van der Waals surface area contributed by atoms with Gasteiger partial charge >= 0.3 is 0 Å². The molecule has 1 unspecified atom stereocenters. The highest BCUT2D eigenvalue weighted by atomic mass is 35.5. The van der Waals surface area contributed by atoms with Gasteiger partial charge < -0.3 is 5.32 Å². The fourth-order valence-corrected chi connectivity index (χ4v) is 2.09. The lowest BCUT2D eigenvalue weighted by atomic mass is 10.1. The van der Waals surface area contributed by atoms with Crippen LogP contribution in [-0.4, -0.2) is 0 Å². The molecule has 0 heterocycles. The smallest absolute Gasteiger partial charge is 0.141 e. The van der Waals surface area contributed by atoms with Crippen molar-refractivity contribution in [3.63, 3.8) is 0 Å².